The van der Waals surface area contributed by atoms with Gasteiger partial charge in [0.25, 0.3) is 0 Å². The van der Waals surface area contributed by atoms with Crippen molar-refractivity contribution in [2.24, 2.45) is 0 Å². The number of nitrogens with zero attached hydrogens (tertiary/aromatic N) is 2. The van der Waals surface area contributed by atoms with Gasteiger partial charge in [0, 0.05) is 18.5 Å². The Hall–Kier alpha value is -0.940. The second-order valence-electron chi connectivity index (χ2n) is 4.86. The number of H-pyrrole nitrogens is 1. The molecule has 1 saturated heterocycles. The van der Waals surface area contributed by atoms with Crippen LogP contribution in [0, 0.1) is 0 Å². The van der Waals surface area contributed by atoms with Crippen molar-refractivity contribution >= 4 is 0 Å². The zero-order valence-electron chi connectivity index (χ0n) is 9.50. The smallest absolute Gasteiger partial charge is 0.156 e. The number of aromatic amines is 1. The highest BCUT2D eigenvalue weighted by molar-refractivity contribution is 5.04. The van der Waals surface area contributed by atoms with Gasteiger partial charge in [0.15, 0.2) is 11.6 Å². The molecule has 5 heteroatoms. The first-order valence-electron chi connectivity index (χ1n) is 5.32. The Bertz CT molecular complexity index is 322. The molecule has 1 aromatic heterocycles. The molecule has 1 aliphatic rings. The van der Waals surface area contributed by atoms with Crippen molar-refractivity contribution in [3.63, 3.8) is 0 Å². The van der Waals surface area contributed by atoms with E-state index in [1.54, 1.807) is 0 Å². The summed E-state index contributed by atoms with van der Waals surface area (Å²) in [6, 6.07) is 0. The van der Waals surface area contributed by atoms with E-state index in [0.29, 0.717) is 0 Å². The highest BCUT2D eigenvalue weighted by Gasteiger charge is 2.24. The first-order valence-corrected chi connectivity index (χ1v) is 5.32. The maximum absolute atomic E-state index is 5.59. The molecule has 0 amide bonds. The lowest BCUT2D eigenvalue weighted by atomic mass is 9.96. The van der Waals surface area contributed by atoms with Crippen molar-refractivity contribution < 1.29 is 4.74 Å². The summed E-state index contributed by atoms with van der Waals surface area (Å²) in [6.07, 6.45) is 0.0161. The molecule has 1 aliphatic heterocycles. The maximum Gasteiger partial charge on any atom is 0.156 e. The number of nitrogens with one attached hydrogen (secondary N) is 2. The monoisotopic (exact) mass is 210 g/mol. The number of hydrogen-bond donors (Lipinski definition) is 2. The second kappa shape index (κ2) is 3.90. The van der Waals surface area contributed by atoms with Crippen LogP contribution in [0.4, 0.5) is 0 Å². The highest BCUT2D eigenvalue weighted by Crippen LogP contribution is 2.20. The highest BCUT2D eigenvalue weighted by atomic mass is 16.5. The van der Waals surface area contributed by atoms with Gasteiger partial charge < -0.3 is 10.1 Å². The lowest BCUT2D eigenvalue weighted by molar-refractivity contribution is 0.0223. The van der Waals surface area contributed by atoms with Gasteiger partial charge in [-0.05, 0) is 0 Å². The maximum atomic E-state index is 5.59. The van der Waals surface area contributed by atoms with Crippen LogP contribution in [0.3, 0.4) is 0 Å². The van der Waals surface area contributed by atoms with Gasteiger partial charge in [-0.25, -0.2) is 4.98 Å². The van der Waals surface area contributed by atoms with Crippen molar-refractivity contribution in [3.8, 4) is 0 Å². The zero-order chi connectivity index (χ0) is 10.9. The Balaban J connectivity index is 2.12. The molecule has 1 unspecified atom stereocenters. The van der Waals surface area contributed by atoms with Crippen LogP contribution in [0.1, 0.15) is 38.5 Å². The SMILES string of the molecule is CC(C)(C)c1n[nH]c(C2CNCCO2)n1. The minimum absolute atomic E-state index is 0.0161. The Kier molecular flexibility index (Phi) is 2.75. The van der Waals surface area contributed by atoms with E-state index in [1.165, 1.54) is 0 Å². The molecular formula is C10H18N4O. The van der Waals surface area contributed by atoms with E-state index in [2.05, 4.69) is 41.3 Å². The molecule has 5 nitrogen and oxygen atoms in total. The molecule has 0 aliphatic carbocycles. The molecule has 0 aromatic carbocycles. The van der Waals surface area contributed by atoms with Gasteiger partial charge in [-0.3, -0.25) is 5.10 Å². The number of hydrogen-bond acceptors (Lipinski definition) is 4. The normalized spacial score (nSPS) is 23.0. The molecule has 84 valence electrons. The van der Waals surface area contributed by atoms with E-state index in [1.807, 2.05) is 0 Å². The fourth-order valence-corrected chi connectivity index (χ4v) is 1.49. The van der Waals surface area contributed by atoms with Crippen LogP contribution < -0.4 is 5.32 Å². The first-order chi connectivity index (χ1) is 7.07. The summed E-state index contributed by atoms with van der Waals surface area (Å²) in [6.45, 7) is 8.74. The molecule has 1 atom stereocenters. The summed E-state index contributed by atoms with van der Waals surface area (Å²) in [5.41, 5.74) is -0.0170. The summed E-state index contributed by atoms with van der Waals surface area (Å²) < 4.78 is 5.59. The van der Waals surface area contributed by atoms with E-state index in [9.17, 15) is 0 Å². The third kappa shape index (κ3) is 2.35. The van der Waals surface area contributed by atoms with E-state index in [0.717, 1.165) is 31.3 Å². The largest absolute Gasteiger partial charge is 0.368 e. The van der Waals surface area contributed by atoms with Gasteiger partial charge in [-0.1, -0.05) is 20.8 Å². The van der Waals surface area contributed by atoms with Gasteiger partial charge >= 0.3 is 0 Å². The Labute approximate surface area is 89.6 Å². The average molecular weight is 210 g/mol. The Morgan fingerprint density at radius 3 is 2.73 bits per heavy atom. The molecule has 15 heavy (non-hydrogen) atoms. The second-order valence-corrected chi connectivity index (χ2v) is 4.86. The molecule has 0 radical (unpaired) electrons. The van der Waals surface area contributed by atoms with Crippen LogP contribution in [0.5, 0.6) is 0 Å². The van der Waals surface area contributed by atoms with E-state index >= 15 is 0 Å². The van der Waals surface area contributed by atoms with Gasteiger partial charge in [0.05, 0.1) is 6.61 Å². The third-order valence-electron chi connectivity index (χ3n) is 2.41. The summed E-state index contributed by atoms with van der Waals surface area (Å²) in [7, 11) is 0. The predicted octanol–water partition coefficient (Wildman–Crippen LogP) is 0.763. The first kappa shape index (κ1) is 10.6. The van der Waals surface area contributed by atoms with Crippen molar-refractivity contribution in [2.75, 3.05) is 19.7 Å². The summed E-state index contributed by atoms with van der Waals surface area (Å²) >= 11 is 0. The zero-order valence-corrected chi connectivity index (χ0v) is 9.50. The number of rotatable bonds is 1. The molecule has 2 N–H and O–H groups in total. The Morgan fingerprint density at radius 1 is 1.40 bits per heavy atom. The van der Waals surface area contributed by atoms with Gasteiger partial charge in [0.2, 0.25) is 0 Å². The van der Waals surface area contributed by atoms with Crippen molar-refractivity contribution in [1.29, 1.82) is 0 Å². The fourth-order valence-electron chi connectivity index (χ4n) is 1.49. The molecule has 1 aromatic rings. The molecule has 0 spiro atoms. The minimum Gasteiger partial charge on any atom is -0.368 e. The van der Waals surface area contributed by atoms with Crippen molar-refractivity contribution in [1.82, 2.24) is 20.5 Å². The quantitative estimate of drug-likeness (QED) is 0.718. The lowest BCUT2D eigenvalue weighted by Crippen LogP contribution is -2.33. The predicted molar refractivity (Wildman–Crippen MR) is 56.6 cm³/mol. The number of morpholine rings is 1. The summed E-state index contributed by atoms with van der Waals surface area (Å²) in [5, 5.41) is 10.4. The summed E-state index contributed by atoms with van der Waals surface area (Å²) in [5.74, 6) is 1.67. The number of aromatic nitrogens is 3. The number of ether oxygens (including phenoxy) is 1. The van der Waals surface area contributed by atoms with Crippen LogP contribution >= 0.6 is 0 Å². The molecule has 2 heterocycles. The Morgan fingerprint density at radius 2 is 2.20 bits per heavy atom. The standard InChI is InChI=1S/C10H18N4O/c1-10(2,3)9-12-8(13-14-9)7-6-11-4-5-15-7/h7,11H,4-6H2,1-3H3,(H,12,13,14). The van der Waals surface area contributed by atoms with Crippen LogP contribution in [0.15, 0.2) is 0 Å². The van der Waals surface area contributed by atoms with Gasteiger partial charge in [0.1, 0.15) is 6.10 Å². The topological polar surface area (TPSA) is 62.8 Å². The average Bonchev–Trinajstić information content (AvgIpc) is 2.67. The van der Waals surface area contributed by atoms with Crippen LogP contribution in [-0.4, -0.2) is 34.9 Å². The third-order valence-corrected chi connectivity index (χ3v) is 2.41. The van der Waals surface area contributed by atoms with E-state index in [-0.39, 0.29) is 11.5 Å². The lowest BCUT2D eigenvalue weighted by Gasteiger charge is -2.21. The van der Waals surface area contributed by atoms with Crippen molar-refractivity contribution in [3.05, 3.63) is 11.6 Å². The molecule has 2 rings (SSSR count). The minimum atomic E-state index is -0.0170. The molecule has 0 saturated carbocycles. The molecule has 0 bridgehead atoms. The summed E-state index contributed by atoms with van der Waals surface area (Å²) in [4.78, 5) is 4.47. The molecular weight excluding hydrogens is 192 g/mol. The van der Waals surface area contributed by atoms with Crippen LogP contribution in [0.2, 0.25) is 0 Å². The van der Waals surface area contributed by atoms with Crippen LogP contribution in [-0.2, 0) is 10.2 Å². The fraction of sp³-hybridized carbons (Fsp3) is 0.800. The van der Waals surface area contributed by atoms with Crippen LogP contribution in [0.25, 0.3) is 0 Å². The van der Waals surface area contributed by atoms with E-state index in [4.69, 9.17) is 4.74 Å². The van der Waals surface area contributed by atoms with Crippen molar-refractivity contribution in [2.45, 2.75) is 32.3 Å². The van der Waals surface area contributed by atoms with Gasteiger partial charge in [-0.15, -0.1) is 0 Å². The van der Waals surface area contributed by atoms with E-state index < -0.39 is 0 Å². The van der Waals surface area contributed by atoms with Gasteiger partial charge in [-0.2, -0.15) is 5.10 Å². The molecule has 1 fully saturated rings.